The maximum atomic E-state index is 12.3. The number of rotatable bonds is 4. The molecule has 0 aromatic rings. The van der Waals surface area contributed by atoms with Crippen LogP contribution in [0.25, 0.3) is 0 Å². The van der Waals surface area contributed by atoms with Crippen molar-refractivity contribution in [3.63, 3.8) is 0 Å². The number of hydrogen-bond donors (Lipinski definition) is 2. The summed E-state index contributed by atoms with van der Waals surface area (Å²) in [5.41, 5.74) is 0.372. The summed E-state index contributed by atoms with van der Waals surface area (Å²) in [6.07, 6.45) is 9.86. The second-order valence-corrected chi connectivity index (χ2v) is 9.29. The van der Waals surface area contributed by atoms with Gasteiger partial charge in [-0.2, -0.15) is 0 Å². The fraction of sp³-hybridized carbons (Fsp3) is 0.905. The van der Waals surface area contributed by atoms with Gasteiger partial charge in [0.25, 0.3) is 0 Å². The van der Waals surface area contributed by atoms with E-state index in [0.717, 1.165) is 57.9 Å². The molecule has 1 amide bonds. The summed E-state index contributed by atoms with van der Waals surface area (Å²) >= 11 is 0. The van der Waals surface area contributed by atoms with Crippen molar-refractivity contribution < 1.29 is 9.53 Å². The number of nitrogens with one attached hydrogen (secondary N) is 2. The zero-order valence-corrected chi connectivity index (χ0v) is 19.3. The van der Waals surface area contributed by atoms with Crippen molar-refractivity contribution in [1.82, 2.24) is 15.5 Å². The molecule has 5 rings (SSSR count). The fourth-order valence-corrected chi connectivity index (χ4v) is 5.92. The monoisotopic (exact) mass is 502 g/mol. The molecule has 3 atom stereocenters. The predicted molar refractivity (Wildman–Crippen MR) is 120 cm³/mol. The minimum absolute atomic E-state index is 0. The van der Waals surface area contributed by atoms with Gasteiger partial charge >= 0.3 is 0 Å². The number of nitrogens with zero attached hydrogens (tertiary/aromatic N) is 2. The lowest BCUT2D eigenvalue weighted by atomic mass is 9.46. The molecule has 3 aliphatic carbocycles. The quantitative estimate of drug-likeness (QED) is 0.353. The molecule has 5 aliphatic rings. The van der Waals surface area contributed by atoms with Crippen molar-refractivity contribution in [2.24, 2.45) is 22.2 Å². The molecule has 1 spiro atoms. The SMILES string of the molecule is CCN=C(NC1CCN(C(=O)C2CC2)CC1)NC1C2CCOC2C12CCC2.I. The lowest BCUT2D eigenvalue weighted by Crippen LogP contribution is -2.72. The van der Waals surface area contributed by atoms with Gasteiger partial charge < -0.3 is 20.3 Å². The number of amides is 1. The first kappa shape index (κ1) is 20.7. The Bertz CT molecular complexity index is 612. The average Bonchev–Trinajstić information content (AvgIpc) is 3.39. The molecule has 2 aliphatic heterocycles. The van der Waals surface area contributed by atoms with Crippen LogP contribution in [0.1, 0.15) is 58.3 Å². The lowest BCUT2D eigenvalue weighted by molar-refractivity contribution is -0.171. The first-order valence-electron chi connectivity index (χ1n) is 11.2. The highest BCUT2D eigenvalue weighted by atomic mass is 127. The standard InChI is InChI=1S/C21H34N4O2.HI/c1-2-22-20(23-15-6-11-25(12-7-15)19(26)14-4-5-14)24-17-16-8-13-27-18(16)21(17)9-3-10-21;/h14-18H,2-13H2,1H3,(H2,22,23,24);1H. The maximum Gasteiger partial charge on any atom is 0.225 e. The molecule has 6 nitrogen and oxygen atoms in total. The van der Waals surface area contributed by atoms with Crippen molar-refractivity contribution in [2.75, 3.05) is 26.2 Å². The van der Waals surface area contributed by atoms with Crippen molar-refractivity contribution in [3.05, 3.63) is 0 Å². The summed E-state index contributed by atoms with van der Waals surface area (Å²) in [7, 11) is 0. The molecule has 0 aromatic heterocycles. The Balaban J connectivity index is 0.00000192. The van der Waals surface area contributed by atoms with Gasteiger partial charge in [0.1, 0.15) is 0 Å². The number of fused-ring (bicyclic) bond motifs is 2. The third kappa shape index (κ3) is 3.55. The summed E-state index contributed by atoms with van der Waals surface area (Å²) in [6, 6.07) is 0.937. The molecule has 3 saturated carbocycles. The number of carbonyl (C=O) groups is 1. The average molecular weight is 502 g/mol. The van der Waals surface area contributed by atoms with E-state index >= 15 is 0 Å². The number of hydrogen-bond acceptors (Lipinski definition) is 3. The molecular formula is C21H35IN4O2. The molecule has 0 radical (unpaired) electrons. The van der Waals surface area contributed by atoms with Crippen molar-refractivity contribution in [3.8, 4) is 0 Å². The summed E-state index contributed by atoms with van der Waals surface area (Å²) in [6.45, 7) is 5.59. The van der Waals surface area contributed by atoms with Crippen LogP contribution in [0.5, 0.6) is 0 Å². The molecule has 3 unspecified atom stereocenters. The number of ether oxygens (including phenoxy) is 1. The van der Waals surface area contributed by atoms with Crippen LogP contribution in [-0.4, -0.2) is 61.2 Å². The molecular weight excluding hydrogens is 467 g/mol. The number of likely N-dealkylation sites (tertiary alicyclic amines) is 1. The highest BCUT2D eigenvalue weighted by Gasteiger charge is 2.66. The summed E-state index contributed by atoms with van der Waals surface area (Å²) < 4.78 is 6.05. The Morgan fingerprint density at radius 3 is 2.50 bits per heavy atom. The van der Waals surface area contributed by atoms with Gasteiger partial charge in [0, 0.05) is 55.6 Å². The minimum Gasteiger partial charge on any atom is -0.377 e. The van der Waals surface area contributed by atoms with Crippen molar-refractivity contribution in [2.45, 2.75) is 76.5 Å². The molecule has 2 heterocycles. The Hall–Kier alpha value is -0.570. The minimum atomic E-state index is 0. The molecule has 0 aromatic carbocycles. The van der Waals surface area contributed by atoms with E-state index in [1.807, 2.05) is 0 Å². The second-order valence-electron chi connectivity index (χ2n) is 9.29. The molecule has 28 heavy (non-hydrogen) atoms. The van der Waals surface area contributed by atoms with E-state index in [4.69, 9.17) is 9.73 Å². The molecule has 7 heteroatoms. The van der Waals surface area contributed by atoms with Crippen LogP contribution in [0, 0.1) is 17.3 Å². The maximum absolute atomic E-state index is 12.3. The summed E-state index contributed by atoms with van der Waals surface area (Å²) in [5, 5.41) is 7.49. The van der Waals surface area contributed by atoms with Crippen LogP contribution in [0.15, 0.2) is 4.99 Å². The van der Waals surface area contributed by atoms with E-state index in [1.54, 1.807) is 0 Å². The van der Waals surface area contributed by atoms with Gasteiger partial charge in [-0.25, -0.2) is 0 Å². The highest BCUT2D eigenvalue weighted by Crippen LogP contribution is 2.62. The van der Waals surface area contributed by atoms with Gasteiger partial charge in [-0.05, 0) is 51.9 Å². The largest absolute Gasteiger partial charge is 0.377 e. The van der Waals surface area contributed by atoms with Crippen LogP contribution >= 0.6 is 24.0 Å². The number of piperidine rings is 1. The van der Waals surface area contributed by atoms with Gasteiger partial charge in [-0.1, -0.05) is 6.42 Å². The van der Waals surface area contributed by atoms with Crippen LogP contribution in [0.4, 0.5) is 0 Å². The first-order valence-corrected chi connectivity index (χ1v) is 11.2. The van der Waals surface area contributed by atoms with Crippen LogP contribution < -0.4 is 10.6 Å². The Kier molecular flexibility index (Phi) is 6.12. The lowest BCUT2D eigenvalue weighted by Gasteiger charge is -2.63. The van der Waals surface area contributed by atoms with Crippen LogP contribution in [0.3, 0.4) is 0 Å². The van der Waals surface area contributed by atoms with Crippen LogP contribution in [-0.2, 0) is 9.53 Å². The van der Waals surface area contributed by atoms with Crippen LogP contribution in [0.2, 0.25) is 0 Å². The Labute approximate surface area is 185 Å². The van der Waals surface area contributed by atoms with E-state index in [0.29, 0.717) is 41.3 Å². The fourth-order valence-electron chi connectivity index (χ4n) is 5.92. The number of carbonyl (C=O) groups excluding carboxylic acids is 1. The number of guanidine groups is 1. The predicted octanol–water partition coefficient (Wildman–Crippen LogP) is 2.52. The topological polar surface area (TPSA) is 66.0 Å². The highest BCUT2D eigenvalue weighted by molar-refractivity contribution is 14.0. The van der Waals surface area contributed by atoms with E-state index in [2.05, 4.69) is 22.5 Å². The van der Waals surface area contributed by atoms with Crippen molar-refractivity contribution >= 4 is 35.8 Å². The molecule has 0 bridgehead atoms. The molecule has 158 valence electrons. The Morgan fingerprint density at radius 1 is 1.14 bits per heavy atom. The number of aliphatic imine (C=N–C) groups is 1. The van der Waals surface area contributed by atoms with Gasteiger partial charge in [0.15, 0.2) is 5.96 Å². The summed E-state index contributed by atoms with van der Waals surface area (Å²) in [5.74, 6) is 2.37. The van der Waals surface area contributed by atoms with E-state index in [-0.39, 0.29) is 24.0 Å². The third-order valence-corrected chi connectivity index (χ3v) is 7.72. The smallest absolute Gasteiger partial charge is 0.225 e. The van der Waals surface area contributed by atoms with Crippen molar-refractivity contribution in [1.29, 1.82) is 0 Å². The second kappa shape index (κ2) is 8.28. The number of halogens is 1. The van der Waals surface area contributed by atoms with E-state index < -0.39 is 0 Å². The van der Waals surface area contributed by atoms with Gasteiger partial charge in [0.2, 0.25) is 5.91 Å². The third-order valence-electron chi connectivity index (χ3n) is 7.72. The van der Waals surface area contributed by atoms with E-state index in [9.17, 15) is 4.79 Å². The van der Waals surface area contributed by atoms with Gasteiger partial charge in [-0.15, -0.1) is 24.0 Å². The summed E-state index contributed by atoms with van der Waals surface area (Å²) in [4.78, 5) is 19.1. The first-order chi connectivity index (χ1) is 13.2. The van der Waals surface area contributed by atoms with Gasteiger partial charge in [0.05, 0.1) is 6.10 Å². The Morgan fingerprint density at radius 2 is 1.89 bits per heavy atom. The molecule has 2 N–H and O–H groups in total. The zero-order chi connectivity index (χ0) is 18.4. The molecule has 2 saturated heterocycles. The van der Waals surface area contributed by atoms with E-state index in [1.165, 1.54) is 25.7 Å². The zero-order valence-electron chi connectivity index (χ0n) is 17.0. The molecule has 5 fully saturated rings. The van der Waals surface area contributed by atoms with Gasteiger partial charge in [-0.3, -0.25) is 9.79 Å². The normalized spacial score (nSPS) is 34.1.